The van der Waals surface area contributed by atoms with Gasteiger partial charge in [0.1, 0.15) is 0 Å². The molecule has 0 aliphatic rings. The Bertz CT molecular complexity index is 461. The molecule has 0 radical (unpaired) electrons. The Morgan fingerprint density at radius 3 is 2.79 bits per heavy atom. The van der Waals surface area contributed by atoms with Gasteiger partial charge in [-0.05, 0) is 6.42 Å². The minimum absolute atomic E-state index is 0.133. The summed E-state index contributed by atoms with van der Waals surface area (Å²) in [7, 11) is 0. The number of carboxylic acids is 1. The summed E-state index contributed by atoms with van der Waals surface area (Å²) in [5, 5.41) is 19.6. The number of carbonyl (C=O) groups is 1. The average molecular weight is 268 g/mol. The number of aromatic carboxylic acids is 1. The maximum Gasteiger partial charge on any atom is 0.337 e. The first-order chi connectivity index (χ1) is 9.06. The van der Waals surface area contributed by atoms with Crippen LogP contribution < -0.4 is 4.74 Å². The van der Waals surface area contributed by atoms with E-state index in [1.807, 2.05) is 0 Å². The van der Waals surface area contributed by atoms with E-state index in [2.05, 4.69) is 11.9 Å². The number of rotatable bonds is 8. The van der Waals surface area contributed by atoms with Gasteiger partial charge >= 0.3 is 11.7 Å². The van der Waals surface area contributed by atoms with Gasteiger partial charge in [0.05, 0.1) is 17.1 Å². The van der Waals surface area contributed by atoms with Gasteiger partial charge in [-0.15, -0.1) is 0 Å². The van der Waals surface area contributed by atoms with Crippen molar-refractivity contribution in [3.63, 3.8) is 0 Å². The number of aromatic nitrogens is 1. The second-order valence-corrected chi connectivity index (χ2v) is 4.02. The fourth-order valence-electron chi connectivity index (χ4n) is 1.50. The molecule has 1 aromatic rings. The molecular weight excluding hydrogens is 252 g/mol. The van der Waals surface area contributed by atoms with Gasteiger partial charge in [-0.1, -0.05) is 26.2 Å². The van der Waals surface area contributed by atoms with E-state index >= 15 is 0 Å². The Labute approximate surface area is 110 Å². The number of hydrogen-bond acceptors (Lipinski definition) is 5. The second kappa shape index (κ2) is 7.30. The molecule has 7 nitrogen and oxygen atoms in total. The summed E-state index contributed by atoms with van der Waals surface area (Å²) < 4.78 is 5.23. The first kappa shape index (κ1) is 14.9. The fourth-order valence-corrected chi connectivity index (χ4v) is 1.50. The highest BCUT2D eigenvalue weighted by Crippen LogP contribution is 2.25. The van der Waals surface area contributed by atoms with Crippen LogP contribution in [0.15, 0.2) is 12.3 Å². The third kappa shape index (κ3) is 4.53. The summed E-state index contributed by atoms with van der Waals surface area (Å²) >= 11 is 0. The summed E-state index contributed by atoms with van der Waals surface area (Å²) in [6.45, 7) is 2.41. The normalized spacial score (nSPS) is 10.2. The summed E-state index contributed by atoms with van der Waals surface area (Å²) in [6, 6.07) is 0.955. The van der Waals surface area contributed by atoms with E-state index < -0.39 is 16.6 Å². The Kier molecular flexibility index (Phi) is 5.72. The van der Waals surface area contributed by atoms with Crippen LogP contribution in [0.5, 0.6) is 5.88 Å². The lowest BCUT2D eigenvalue weighted by Crippen LogP contribution is -2.05. The van der Waals surface area contributed by atoms with Crippen LogP contribution in [0.25, 0.3) is 0 Å². The van der Waals surface area contributed by atoms with Crippen LogP contribution in [0.2, 0.25) is 0 Å². The van der Waals surface area contributed by atoms with E-state index in [0.29, 0.717) is 6.61 Å². The molecule has 7 heteroatoms. The zero-order chi connectivity index (χ0) is 14.3. The highest BCUT2D eigenvalue weighted by atomic mass is 16.6. The molecule has 0 atom stereocenters. The fraction of sp³-hybridized carbons (Fsp3) is 0.500. The van der Waals surface area contributed by atoms with Crippen LogP contribution >= 0.6 is 0 Å². The van der Waals surface area contributed by atoms with Gasteiger partial charge in [0.15, 0.2) is 0 Å². The predicted molar refractivity (Wildman–Crippen MR) is 67.5 cm³/mol. The van der Waals surface area contributed by atoms with Crippen molar-refractivity contribution < 1.29 is 19.6 Å². The molecule has 19 heavy (non-hydrogen) atoms. The van der Waals surface area contributed by atoms with Gasteiger partial charge in [-0.2, -0.15) is 0 Å². The summed E-state index contributed by atoms with van der Waals surface area (Å²) in [5.74, 6) is -1.39. The summed E-state index contributed by atoms with van der Waals surface area (Å²) in [5.41, 5.74) is -0.652. The van der Waals surface area contributed by atoms with Gasteiger partial charge < -0.3 is 9.84 Å². The van der Waals surface area contributed by atoms with Crippen molar-refractivity contribution in [2.45, 2.75) is 32.6 Å². The number of nitro groups is 1. The zero-order valence-corrected chi connectivity index (χ0v) is 10.7. The Morgan fingerprint density at radius 1 is 1.47 bits per heavy atom. The van der Waals surface area contributed by atoms with Crippen molar-refractivity contribution in [1.82, 2.24) is 4.98 Å². The van der Waals surface area contributed by atoms with E-state index in [9.17, 15) is 14.9 Å². The third-order valence-electron chi connectivity index (χ3n) is 2.51. The highest BCUT2D eigenvalue weighted by molar-refractivity contribution is 5.88. The Balaban J connectivity index is 2.71. The van der Waals surface area contributed by atoms with Crippen molar-refractivity contribution in [3.8, 4) is 5.88 Å². The predicted octanol–water partition coefficient (Wildman–Crippen LogP) is 2.65. The molecule has 104 valence electrons. The number of ether oxygens (including phenoxy) is 1. The van der Waals surface area contributed by atoms with Crippen LogP contribution in [-0.2, 0) is 0 Å². The molecule has 1 N–H and O–H groups in total. The van der Waals surface area contributed by atoms with Crippen molar-refractivity contribution >= 4 is 11.7 Å². The largest absolute Gasteiger partial charge is 0.478 e. The first-order valence-corrected chi connectivity index (χ1v) is 6.06. The molecule has 0 aliphatic heterocycles. The lowest BCUT2D eigenvalue weighted by Gasteiger charge is -2.05. The molecule has 0 aromatic carbocycles. The van der Waals surface area contributed by atoms with Crippen molar-refractivity contribution in [3.05, 3.63) is 27.9 Å². The van der Waals surface area contributed by atoms with E-state index in [4.69, 9.17) is 9.84 Å². The van der Waals surface area contributed by atoms with Crippen molar-refractivity contribution in [2.24, 2.45) is 0 Å². The molecule has 1 rings (SSSR count). The van der Waals surface area contributed by atoms with Crippen LogP contribution in [0.3, 0.4) is 0 Å². The molecule has 0 amide bonds. The summed E-state index contributed by atoms with van der Waals surface area (Å²) in [4.78, 5) is 24.5. The van der Waals surface area contributed by atoms with Gasteiger partial charge in [-0.3, -0.25) is 10.1 Å². The van der Waals surface area contributed by atoms with Gasteiger partial charge in [0.2, 0.25) is 0 Å². The molecule has 0 bridgehead atoms. The molecule has 0 saturated carbocycles. The SMILES string of the molecule is CCCCCCOc1ncc(C(=O)O)cc1[N+](=O)[O-]. The second-order valence-electron chi connectivity index (χ2n) is 4.02. The number of hydrogen-bond donors (Lipinski definition) is 1. The maximum atomic E-state index is 10.8. The smallest absolute Gasteiger partial charge is 0.337 e. The standard InChI is InChI=1S/C12H16N2O5/c1-2-3-4-5-6-19-11-10(14(17)18)7-9(8-13-11)12(15)16/h7-8H,2-6H2,1H3,(H,15,16). The number of nitrogens with zero attached hydrogens (tertiary/aromatic N) is 2. The summed E-state index contributed by atoms with van der Waals surface area (Å²) in [6.07, 6.45) is 4.99. The molecule has 0 fully saturated rings. The lowest BCUT2D eigenvalue weighted by molar-refractivity contribution is -0.386. The van der Waals surface area contributed by atoms with Crippen LogP contribution in [-0.4, -0.2) is 27.6 Å². The molecule has 1 heterocycles. The molecule has 0 aliphatic carbocycles. The third-order valence-corrected chi connectivity index (χ3v) is 2.51. The monoisotopic (exact) mass is 268 g/mol. The molecular formula is C12H16N2O5. The number of carboxylic acid groups (broad SMARTS) is 1. The Hall–Kier alpha value is -2.18. The Morgan fingerprint density at radius 2 is 2.21 bits per heavy atom. The number of unbranched alkanes of at least 4 members (excludes halogenated alkanes) is 3. The highest BCUT2D eigenvalue weighted by Gasteiger charge is 2.20. The minimum Gasteiger partial charge on any atom is -0.478 e. The molecule has 1 aromatic heterocycles. The van der Waals surface area contributed by atoms with E-state index in [-0.39, 0.29) is 11.4 Å². The topological polar surface area (TPSA) is 103 Å². The minimum atomic E-state index is -1.26. The van der Waals surface area contributed by atoms with Crippen molar-refractivity contribution in [2.75, 3.05) is 6.61 Å². The maximum absolute atomic E-state index is 10.8. The van der Waals surface area contributed by atoms with Gasteiger partial charge in [0, 0.05) is 12.3 Å². The van der Waals surface area contributed by atoms with E-state index in [1.54, 1.807) is 0 Å². The molecule has 0 unspecified atom stereocenters. The molecule has 0 spiro atoms. The quantitative estimate of drug-likeness (QED) is 0.441. The first-order valence-electron chi connectivity index (χ1n) is 6.06. The number of pyridine rings is 1. The lowest BCUT2D eigenvalue weighted by atomic mass is 10.2. The zero-order valence-electron chi connectivity index (χ0n) is 10.7. The van der Waals surface area contributed by atoms with Gasteiger partial charge in [-0.25, -0.2) is 9.78 Å². The van der Waals surface area contributed by atoms with Gasteiger partial charge in [0.25, 0.3) is 5.88 Å². The van der Waals surface area contributed by atoms with Crippen LogP contribution in [0.1, 0.15) is 43.0 Å². The van der Waals surface area contributed by atoms with Crippen molar-refractivity contribution in [1.29, 1.82) is 0 Å². The average Bonchev–Trinajstić information content (AvgIpc) is 2.38. The van der Waals surface area contributed by atoms with Crippen LogP contribution in [0.4, 0.5) is 5.69 Å². The van der Waals surface area contributed by atoms with Crippen LogP contribution in [0, 0.1) is 10.1 Å². The molecule has 0 saturated heterocycles. The van der Waals surface area contributed by atoms with E-state index in [1.165, 1.54) is 0 Å². The van der Waals surface area contributed by atoms with E-state index in [0.717, 1.165) is 37.9 Å².